The van der Waals surface area contributed by atoms with E-state index < -0.39 is 0 Å². The summed E-state index contributed by atoms with van der Waals surface area (Å²) in [5, 5.41) is 19.1. The number of morpholine rings is 1. The van der Waals surface area contributed by atoms with Crippen LogP contribution in [0.15, 0.2) is 54.7 Å². The average Bonchev–Trinajstić information content (AvgIpc) is 3.32. The third kappa shape index (κ3) is 4.97. The van der Waals surface area contributed by atoms with Crippen molar-refractivity contribution in [2.24, 2.45) is 0 Å². The molecule has 1 saturated heterocycles. The molecule has 2 aromatic carbocycles. The Morgan fingerprint density at radius 3 is 2.70 bits per heavy atom. The summed E-state index contributed by atoms with van der Waals surface area (Å²) < 4.78 is 13.1. The van der Waals surface area contributed by atoms with Crippen molar-refractivity contribution in [3.63, 3.8) is 0 Å². The molecule has 0 bridgehead atoms. The van der Waals surface area contributed by atoms with Gasteiger partial charge >= 0.3 is 0 Å². The van der Waals surface area contributed by atoms with Crippen LogP contribution in [-0.2, 0) is 4.74 Å². The van der Waals surface area contributed by atoms with E-state index in [2.05, 4.69) is 21.3 Å². The highest BCUT2D eigenvalue weighted by atomic mass is 16.5. The van der Waals surface area contributed by atoms with Gasteiger partial charge in [-0.2, -0.15) is 0 Å². The highest BCUT2D eigenvalue weighted by Gasteiger charge is 2.13. The number of aromatic nitrogens is 4. The van der Waals surface area contributed by atoms with Crippen molar-refractivity contribution in [3.05, 3.63) is 60.3 Å². The molecule has 33 heavy (non-hydrogen) atoms. The van der Waals surface area contributed by atoms with Crippen molar-refractivity contribution in [1.29, 1.82) is 0 Å². The summed E-state index contributed by atoms with van der Waals surface area (Å²) in [5.41, 5.74) is 4.22. The number of aromatic hydroxyl groups is 1. The number of pyridine rings is 1. The van der Waals surface area contributed by atoms with Crippen molar-refractivity contribution in [2.45, 2.75) is 13.3 Å². The first-order valence-corrected chi connectivity index (χ1v) is 11.2. The smallest absolute Gasteiger partial charge is 0.132 e. The third-order valence-electron chi connectivity index (χ3n) is 5.82. The second-order valence-corrected chi connectivity index (χ2v) is 8.23. The Labute approximate surface area is 192 Å². The normalized spacial score (nSPS) is 14.6. The molecular weight excluding hydrogens is 418 g/mol. The lowest BCUT2D eigenvalue weighted by Gasteiger charge is -2.26. The molecule has 0 spiro atoms. The van der Waals surface area contributed by atoms with Crippen molar-refractivity contribution in [2.75, 3.05) is 39.5 Å². The molecule has 1 aliphatic heterocycles. The number of benzene rings is 2. The van der Waals surface area contributed by atoms with Gasteiger partial charge in [-0.05, 0) is 67.4 Å². The molecule has 2 aromatic heterocycles. The van der Waals surface area contributed by atoms with Gasteiger partial charge in [0, 0.05) is 25.0 Å². The number of nitrogens with zero attached hydrogens (tertiary/aromatic N) is 5. The van der Waals surface area contributed by atoms with E-state index in [9.17, 15) is 5.11 Å². The highest BCUT2D eigenvalue weighted by Crippen LogP contribution is 2.27. The van der Waals surface area contributed by atoms with E-state index in [1.807, 2.05) is 31.3 Å². The molecule has 1 aliphatic rings. The maximum absolute atomic E-state index is 9.49. The van der Waals surface area contributed by atoms with Crippen molar-refractivity contribution in [1.82, 2.24) is 24.9 Å². The zero-order valence-corrected chi connectivity index (χ0v) is 18.6. The molecule has 3 heterocycles. The summed E-state index contributed by atoms with van der Waals surface area (Å²) >= 11 is 0. The summed E-state index contributed by atoms with van der Waals surface area (Å²) in [6, 6.07) is 14.9. The van der Waals surface area contributed by atoms with Gasteiger partial charge in [0.1, 0.15) is 17.2 Å². The number of aryl methyl sites for hydroxylation is 1. The van der Waals surface area contributed by atoms with Crippen molar-refractivity contribution < 1.29 is 14.6 Å². The minimum Gasteiger partial charge on any atom is -0.508 e. The Morgan fingerprint density at radius 2 is 1.88 bits per heavy atom. The van der Waals surface area contributed by atoms with Crippen molar-refractivity contribution >= 4 is 10.9 Å². The Hall–Kier alpha value is -3.49. The monoisotopic (exact) mass is 445 g/mol. The van der Waals surface area contributed by atoms with Gasteiger partial charge in [0.25, 0.3) is 0 Å². The fourth-order valence-corrected chi connectivity index (χ4v) is 4.02. The van der Waals surface area contributed by atoms with E-state index in [1.165, 1.54) is 0 Å². The van der Waals surface area contributed by atoms with Crippen LogP contribution < -0.4 is 4.74 Å². The lowest BCUT2D eigenvalue weighted by molar-refractivity contribution is 0.0358. The van der Waals surface area contributed by atoms with E-state index in [-0.39, 0.29) is 5.75 Å². The van der Waals surface area contributed by atoms with Crippen LogP contribution in [0.3, 0.4) is 0 Å². The molecule has 1 fully saturated rings. The minimum atomic E-state index is 0.214. The highest BCUT2D eigenvalue weighted by molar-refractivity contribution is 5.84. The fraction of sp³-hybridized carbons (Fsp3) is 0.320. The summed E-state index contributed by atoms with van der Waals surface area (Å²) in [6.45, 7) is 7.41. The Bertz CT molecular complexity index is 1230. The average molecular weight is 446 g/mol. The number of phenolic OH excluding ortho intramolecular Hbond substituents is 1. The zero-order chi connectivity index (χ0) is 22.6. The zero-order valence-electron chi connectivity index (χ0n) is 18.6. The summed E-state index contributed by atoms with van der Waals surface area (Å²) in [5.74, 6) is 1.07. The molecule has 1 N–H and O–H groups in total. The van der Waals surface area contributed by atoms with Gasteiger partial charge in [-0.15, -0.1) is 5.10 Å². The number of hydrogen-bond acceptors (Lipinski definition) is 7. The van der Waals surface area contributed by atoms with Crippen LogP contribution >= 0.6 is 0 Å². The molecule has 0 unspecified atom stereocenters. The topological polar surface area (TPSA) is 85.5 Å². The van der Waals surface area contributed by atoms with Crippen LogP contribution in [0.2, 0.25) is 0 Å². The number of rotatable bonds is 7. The molecular formula is C25H27N5O3. The van der Waals surface area contributed by atoms with Crippen LogP contribution in [0.5, 0.6) is 11.5 Å². The lowest BCUT2D eigenvalue weighted by Crippen LogP contribution is -2.37. The quantitative estimate of drug-likeness (QED) is 0.435. The molecule has 170 valence electrons. The Balaban J connectivity index is 1.27. The number of phenols is 1. The standard InChI is InChI=1S/C25H27N5O3/c1-18-15-19-16-22(33-12-2-9-29-10-13-32-14-11-29)7-8-23(19)26-25(18)24-17-30(28-27-24)20-3-5-21(31)6-4-20/h3-8,15-17,31H,2,9-14H2,1H3. The number of fused-ring (bicyclic) bond motifs is 1. The van der Waals surface area contributed by atoms with E-state index in [0.717, 1.165) is 72.9 Å². The van der Waals surface area contributed by atoms with Gasteiger partial charge < -0.3 is 14.6 Å². The maximum Gasteiger partial charge on any atom is 0.132 e. The van der Waals surface area contributed by atoms with E-state index in [1.54, 1.807) is 28.9 Å². The Kier molecular flexibility index (Phi) is 6.19. The van der Waals surface area contributed by atoms with Crippen LogP contribution in [0, 0.1) is 6.92 Å². The van der Waals surface area contributed by atoms with Gasteiger partial charge in [-0.1, -0.05) is 5.21 Å². The van der Waals surface area contributed by atoms with Crippen LogP contribution in [-0.4, -0.2) is 69.4 Å². The number of hydrogen-bond donors (Lipinski definition) is 1. The minimum absolute atomic E-state index is 0.214. The third-order valence-corrected chi connectivity index (χ3v) is 5.82. The van der Waals surface area contributed by atoms with Crippen LogP contribution in [0.25, 0.3) is 28.0 Å². The second kappa shape index (κ2) is 9.56. The van der Waals surface area contributed by atoms with E-state index in [4.69, 9.17) is 14.5 Å². The first-order chi connectivity index (χ1) is 16.2. The predicted molar refractivity (Wildman–Crippen MR) is 126 cm³/mol. The molecule has 4 aromatic rings. The lowest BCUT2D eigenvalue weighted by atomic mass is 10.1. The molecule has 0 amide bonds. The van der Waals surface area contributed by atoms with Gasteiger partial charge in [0.05, 0.1) is 42.9 Å². The summed E-state index contributed by atoms with van der Waals surface area (Å²) in [6.07, 6.45) is 2.84. The van der Waals surface area contributed by atoms with Crippen molar-refractivity contribution in [3.8, 4) is 28.6 Å². The number of ether oxygens (including phenoxy) is 2. The maximum atomic E-state index is 9.49. The molecule has 0 saturated carbocycles. The molecule has 0 aliphatic carbocycles. The molecule has 0 radical (unpaired) electrons. The van der Waals surface area contributed by atoms with Gasteiger partial charge in [0.2, 0.25) is 0 Å². The van der Waals surface area contributed by atoms with E-state index >= 15 is 0 Å². The fourth-order valence-electron chi connectivity index (χ4n) is 4.02. The van der Waals surface area contributed by atoms with Crippen LogP contribution in [0.4, 0.5) is 0 Å². The molecule has 0 atom stereocenters. The SMILES string of the molecule is Cc1cc2cc(OCCCN3CCOCC3)ccc2nc1-c1cn(-c2ccc(O)cc2)nn1. The molecule has 5 rings (SSSR count). The van der Waals surface area contributed by atoms with Crippen LogP contribution in [0.1, 0.15) is 12.0 Å². The first kappa shape index (κ1) is 21.4. The van der Waals surface area contributed by atoms with Gasteiger partial charge in [-0.3, -0.25) is 4.90 Å². The van der Waals surface area contributed by atoms with E-state index in [0.29, 0.717) is 12.3 Å². The summed E-state index contributed by atoms with van der Waals surface area (Å²) in [7, 11) is 0. The first-order valence-electron chi connectivity index (χ1n) is 11.2. The molecule has 8 heteroatoms. The second-order valence-electron chi connectivity index (χ2n) is 8.23. The molecule has 8 nitrogen and oxygen atoms in total. The largest absolute Gasteiger partial charge is 0.508 e. The summed E-state index contributed by atoms with van der Waals surface area (Å²) in [4.78, 5) is 7.25. The predicted octanol–water partition coefficient (Wildman–Crippen LogP) is 3.60. The van der Waals surface area contributed by atoms with Gasteiger partial charge in [0.15, 0.2) is 0 Å². The Morgan fingerprint density at radius 1 is 1.06 bits per heavy atom. The van der Waals surface area contributed by atoms with Gasteiger partial charge in [-0.25, -0.2) is 9.67 Å².